The summed E-state index contributed by atoms with van der Waals surface area (Å²) < 4.78 is 28.0. The van der Waals surface area contributed by atoms with Crippen LogP contribution in [0.5, 0.6) is 5.75 Å². The third-order valence-electron chi connectivity index (χ3n) is 6.68. The van der Waals surface area contributed by atoms with Crippen LogP contribution in [0, 0.1) is 12.7 Å². The van der Waals surface area contributed by atoms with Gasteiger partial charge >= 0.3 is 5.69 Å². The van der Waals surface area contributed by atoms with Crippen LogP contribution in [-0.4, -0.2) is 62.0 Å². The average molecular weight is 559 g/mol. The van der Waals surface area contributed by atoms with Crippen LogP contribution in [0.3, 0.4) is 0 Å². The third-order valence-corrected chi connectivity index (χ3v) is 7.96. The number of nitrogens with zero attached hydrogens (tertiary/aromatic N) is 5. The first-order valence-corrected chi connectivity index (χ1v) is 13.2. The summed E-state index contributed by atoms with van der Waals surface area (Å²) in [5.74, 6) is -0.621. The Kier molecular flexibility index (Phi) is 7.59. The molecular weight excluding hydrogens is 531 g/mol. The number of hydrogen-bond acceptors (Lipinski definition) is 9. The number of fused-ring (bicyclic) bond motifs is 1. The predicted molar refractivity (Wildman–Crippen MR) is 140 cm³/mol. The number of nitrogens with one attached hydrogen (secondary N) is 1. The number of halogens is 1. The van der Waals surface area contributed by atoms with Gasteiger partial charge in [-0.15, -0.1) is 4.80 Å². The fourth-order valence-electron chi connectivity index (χ4n) is 4.86. The van der Waals surface area contributed by atoms with Gasteiger partial charge in [-0.1, -0.05) is 11.3 Å². The lowest BCUT2D eigenvalue weighted by atomic mass is 10.1. The van der Waals surface area contributed by atoms with E-state index < -0.39 is 35.1 Å². The zero-order chi connectivity index (χ0) is 27.7. The van der Waals surface area contributed by atoms with Gasteiger partial charge < -0.3 is 19.9 Å². The summed E-state index contributed by atoms with van der Waals surface area (Å²) >= 11 is 1.14. The van der Waals surface area contributed by atoms with Gasteiger partial charge in [-0.2, -0.15) is 10.2 Å². The Bertz CT molecular complexity index is 1630. The molecule has 1 saturated heterocycles. The van der Waals surface area contributed by atoms with Gasteiger partial charge in [0.15, 0.2) is 0 Å². The first kappa shape index (κ1) is 26.7. The molecule has 1 aliphatic heterocycles. The minimum Gasteiger partial charge on any atom is -0.496 e. The zero-order valence-corrected chi connectivity index (χ0v) is 22.1. The Hall–Kier alpha value is -3.88. The van der Waals surface area contributed by atoms with Gasteiger partial charge in [0.1, 0.15) is 33.5 Å². The monoisotopic (exact) mass is 558 g/mol. The third kappa shape index (κ3) is 4.86. The van der Waals surface area contributed by atoms with E-state index >= 15 is 0 Å². The molecule has 0 aliphatic carbocycles. The quantitative estimate of drug-likeness (QED) is 0.315. The number of methoxy groups -OCH3 is 1. The summed E-state index contributed by atoms with van der Waals surface area (Å²) in [5.41, 5.74) is -0.423. The lowest BCUT2D eigenvalue weighted by Crippen LogP contribution is -2.49. The number of aromatic nitrogens is 5. The van der Waals surface area contributed by atoms with E-state index in [9.17, 15) is 23.9 Å². The topological polar surface area (TPSA) is 142 Å². The summed E-state index contributed by atoms with van der Waals surface area (Å²) in [5, 5.41) is 21.3. The van der Waals surface area contributed by atoms with E-state index in [-0.39, 0.29) is 25.1 Å². The number of ether oxygens (including phenoxy) is 2. The van der Waals surface area contributed by atoms with Crippen molar-refractivity contribution in [1.29, 1.82) is 0 Å². The van der Waals surface area contributed by atoms with E-state index in [1.165, 1.54) is 47.1 Å². The van der Waals surface area contributed by atoms with Crippen molar-refractivity contribution in [3.8, 4) is 10.8 Å². The average Bonchev–Trinajstić information content (AvgIpc) is 3.57. The highest BCUT2D eigenvalue weighted by atomic mass is 32.1. The first-order chi connectivity index (χ1) is 18.8. The number of amides is 1. The highest BCUT2D eigenvalue weighted by molar-refractivity contribution is 7.21. The van der Waals surface area contributed by atoms with Crippen molar-refractivity contribution in [2.75, 3.05) is 26.9 Å². The van der Waals surface area contributed by atoms with Gasteiger partial charge in [0, 0.05) is 17.7 Å². The molecule has 1 fully saturated rings. The van der Waals surface area contributed by atoms with E-state index in [2.05, 4.69) is 15.5 Å². The standard InChI is InChI=1S/C25H27FN6O6S/c1-14-20-22(35)31(17-4-3-7-27-21(17)34)25(36)30(24(20)39-23(14)32-28-8-9-29-32)13-19(38-11-10-33)16-12-15(26)5-6-18(16)37-2/h5-6,8-9,12,17,19,33H,3-4,7,10-11,13H2,1-2H3,(H,27,34)/t17-,19+/m1/s1. The fourth-order valence-corrected chi connectivity index (χ4v) is 6.08. The number of piperidine rings is 1. The second-order valence-electron chi connectivity index (χ2n) is 9.02. The first-order valence-electron chi connectivity index (χ1n) is 12.3. The molecule has 4 heterocycles. The number of hydrogen-bond donors (Lipinski definition) is 2. The molecular formula is C25H27FN6O6S. The molecule has 39 heavy (non-hydrogen) atoms. The molecule has 0 saturated carbocycles. The number of thiophene rings is 1. The molecule has 1 amide bonds. The Morgan fingerprint density at radius 1 is 1.26 bits per heavy atom. The molecule has 5 rings (SSSR count). The normalized spacial score (nSPS) is 16.4. The van der Waals surface area contributed by atoms with Crippen LogP contribution in [0.25, 0.3) is 15.2 Å². The number of aliphatic hydroxyl groups is 1. The summed E-state index contributed by atoms with van der Waals surface area (Å²) in [6.45, 7) is 1.62. The maximum absolute atomic E-state index is 14.3. The number of benzene rings is 1. The molecule has 1 aliphatic rings. The maximum atomic E-state index is 14.3. The van der Waals surface area contributed by atoms with Crippen LogP contribution in [-0.2, 0) is 16.1 Å². The predicted octanol–water partition coefficient (Wildman–Crippen LogP) is 1.46. The number of aryl methyl sites for hydroxylation is 1. The summed E-state index contributed by atoms with van der Waals surface area (Å²) in [6.07, 6.45) is 2.98. The second kappa shape index (κ2) is 11.1. The van der Waals surface area contributed by atoms with Crippen LogP contribution in [0.15, 0.2) is 40.2 Å². The van der Waals surface area contributed by atoms with Gasteiger partial charge in [0.2, 0.25) is 5.91 Å². The van der Waals surface area contributed by atoms with Crippen molar-refractivity contribution in [2.24, 2.45) is 0 Å². The van der Waals surface area contributed by atoms with Gasteiger partial charge in [-0.25, -0.2) is 13.8 Å². The largest absolute Gasteiger partial charge is 0.496 e. The van der Waals surface area contributed by atoms with E-state index in [0.29, 0.717) is 46.1 Å². The van der Waals surface area contributed by atoms with Gasteiger partial charge in [-0.3, -0.25) is 14.2 Å². The number of rotatable bonds is 9. The Morgan fingerprint density at radius 3 is 2.72 bits per heavy atom. The molecule has 0 radical (unpaired) electrons. The summed E-state index contributed by atoms with van der Waals surface area (Å²) in [7, 11) is 1.43. The summed E-state index contributed by atoms with van der Waals surface area (Å²) in [4.78, 5) is 42.3. The van der Waals surface area contributed by atoms with Crippen LogP contribution < -0.4 is 21.3 Å². The fraction of sp³-hybridized carbons (Fsp3) is 0.400. The maximum Gasteiger partial charge on any atom is 0.332 e. The lowest BCUT2D eigenvalue weighted by Gasteiger charge is -2.26. The SMILES string of the molecule is COc1ccc(F)cc1[C@H](Cn1c(=O)n([C@@H]2CCCNC2=O)c(=O)c2c(C)c(-n3nccn3)sc21)OCCO. The van der Waals surface area contributed by atoms with Gasteiger partial charge in [-0.05, 0) is 38.0 Å². The van der Waals surface area contributed by atoms with Gasteiger partial charge in [0.25, 0.3) is 5.56 Å². The van der Waals surface area contributed by atoms with Crippen LogP contribution in [0.4, 0.5) is 4.39 Å². The summed E-state index contributed by atoms with van der Waals surface area (Å²) in [6, 6.07) is 2.94. The van der Waals surface area contributed by atoms with E-state index in [0.717, 1.165) is 15.9 Å². The number of carbonyl (C=O) groups excluding carboxylic acids is 1. The zero-order valence-electron chi connectivity index (χ0n) is 21.3. The molecule has 3 aromatic heterocycles. The molecule has 0 spiro atoms. The molecule has 206 valence electrons. The van der Waals surface area contributed by atoms with Crippen molar-refractivity contribution in [3.05, 3.63) is 68.4 Å². The minimum atomic E-state index is -0.986. The van der Waals surface area contributed by atoms with E-state index in [1.807, 2.05) is 0 Å². The van der Waals surface area contributed by atoms with Crippen molar-refractivity contribution in [2.45, 2.75) is 38.5 Å². The van der Waals surface area contributed by atoms with Gasteiger partial charge in [0.05, 0.1) is 44.6 Å². The Labute approximate surface area is 225 Å². The van der Waals surface area contributed by atoms with Crippen LogP contribution in [0.1, 0.15) is 36.1 Å². The van der Waals surface area contributed by atoms with E-state index in [4.69, 9.17) is 9.47 Å². The van der Waals surface area contributed by atoms with Crippen molar-refractivity contribution < 1.29 is 23.8 Å². The van der Waals surface area contributed by atoms with Crippen LogP contribution in [0.2, 0.25) is 0 Å². The van der Waals surface area contributed by atoms with E-state index in [1.54, 1.807) is 6.92 Å². The van der Waals surface area contributed by atoms with Crippen molar-refractivity contribution in [1.82, 2.24) is 29.4 Å². The highest BCUT2D eigenvalue weighted by Gasteiger charge is 2.31. The molecule has 12 nitrogen and oxygen atoms in total. The van der Waals surface area contributed by atoms with Crippen LogP contribution >= 0.6 is 11.3 Å². The van der Waals surface area contributed by atoms with Crippen molar-refractivity contribution >= 4 is 27.5 Å². The smallest absolute Gasteiger partial charge is 0.332 e. The molecule has 14 heteroatoms. The second-order valence-corrected chi connectivity index (χ2v) is 10.00. The molecule has 2 atom stereocenters. The lowest BCUT2D eigenvalue weighted by molar-refractivity contribution is -0.126. The molecule has 0 bridgehead atoms. The minimum absolute atomic E-state index is 0.0984. The Morgan fingerprint density at radius 2 is 2.03 bits per heavy atom. The molecule has 0 unspecified atom stereocenters. The highest BCUT2D eigenvalue weighted by Crippen LogP contribution is 2.34. The number of aliphatic hydroxyl groups excluding tert-OH is 1. The molecule has 1 aromatic carbocycles. The number of carbonyl (C=O) groups is 1. The molecule has 2 N–H and O–H groups in total. The van der Waals surface area contributed by atoms with Crippen molar-refractivity contribution in [3.63, 3.8) is 0 Å². The molecule has 4 aromatic rings. The Balaban J connectivity index is 1.76.